The first kappa shape index (κ1) is 21.8. The third kappa shape index (κ3) is 5.73. The summed E-state index contributed by atoms with van der Waals surface area (Å²) in [5.41, 5.74) is 2.10. The Morgan fingerprint density at radius 2 is 1.79 bits per heavy atom. The van der Waals surface area contributed by atoms with Gasteiger partial charge in [-0.2, -0.15) is 0 Å². The largest absolute Gasteiger partial charge is 0.493 e. The lowest BCUT2D eigenvalue weighted by molar-refractivity contribution is -0.141. The molecule has 0 aromatic heterocycles. The van der Waals surface area contributed by atoms with Crippen molar-refractivity contribution in [3.63, 3.8) is 0 Å². The highest BCUT2D eigenvalue weighted by molar-refractivity contribution is 6.31. The number of carbonyl (C=O) groups is 2. The second-order valence-corrected chi connectivity index (χ2v) is 6.96. The van der Waals surface area contributed by atoms with Crippen LogP contribution in [0.4, 0.5) is 0 Å². The SMILES string of the molecule is CCOc1c(COc2ccc(CC(C)C(=O)O)cc2)cc(Cl)cc1C(=O)CC. The van der Waals surface area contributed by atoms with E-state index in [1.54, 1.807) is 38.1 Å². The number of rotatable bonds is 10. The first-order valence-electron chi connectivity index (χ1n) is 9.28. The first-order valence-corrected chi connectivity index (χ1v) is 9.66. The molecule has 0 heterocycles. The van der Waals surface area contributed by atoms with Gasteiger partial charge in [0.25, 0.3) is 0 Å². The van der Waals surface area contributed by atoms with Crippen molar-refractivity contribution in [3.8, 4) is 11.5 Å². The van der Waals surface area contributed by atoms with Crippen LogP contribution in [0, 0.1) is 5.92 Å². The summed E-state index contributed by atoms with van der Waals surface area (Å²) in [6.07, 6.45) is 0.817. The average molecular weight is 405 g/mol. The van der Waals surface area contributed by atoms with Crippen molar-refractivity contribution in [2.45, 2.75) is 40.2 Å². The molecule has 0 fully saturated rings. The molecule has 6 heteroatoms. The van der Waals surface area contributed by atoms with E-state index in [0.717, 1.165) is 5.56 Å². The minimum absolute atomic E-state index is 0.0379. The van der Waals surface area contributed by atoms with Gasteiger partial charge in [0.05, 0.1) is 18.1 Å². The molecule has 0 aliphatic carbocycles. The van der Waals surface area contributed by atoms with Crippen molar-refractivity contribution in [1.29, 1.82) is 0 Å². The summed E-state index contributed by atoms with van der Waals surface area (Å²) >= 11 is 6.19. The highest BCUT2D eigenvalue weighted by Gasteiger charge is 2.17. The Bertz CT molecular complexity index is 830. The zero-order valence-electron chi connectivity index (χ0n) is 16.3. The molecule has 150 valence electrons. The number of hydrogen-bond acceptors (Lipinski definition) is 4. The van der Waals surface area contributed by atoms with Crippen molar-refractivity contribution >= 4 is 23.4 Å². The maximum Gasteiger partial charge on any atom is 0.306 e. The Hall–Kier alpha value is -2.53. The summed E-state index contributed by atoms with van der Waals surface area (Å²) in [6, 6.07) is 10.7. The molecule has 0 saturated heterocycles. The van der Waals surface area contributed by atoms with Crippen LogP contribution in [0.15, 0.2) is 36.4 Å². The van der Waals surface area contributed by atoms with E-state index >= 15 is 0 Å². The molecule has 28 heavy (non-hydrogen) atoms. The molecule has 0 aliphatic rings. The Morgan fingerprint density at radius 1 is 1.11 bits per heavy atom. The fraction of sp³-hybridized carbons (Fsp3) is 0.364. The Balaban J connectivity index is 2.16. The van der Waals surface area contributed by atoms with Crippen LogP contribution in [0.25, 0.3) is 0 Å². The maximum absolute atomic E-state index is 12.2. The highest BCUT2D eigenvalue weighted by atomic mass is 35.5. The zero-order valence-corrected chi connectivity index (χ0v) is 17.1. The minimum atomic E-state index is -0.817. The summed E-state index contributed by atoms with van der Waals surface area (Å²) in [6.45, 7) is 5.95. The minimum Gasteiger partial charge on any atom is -0.493 e. The van der Waals surface area contributed by atoms with Crippen LogP contribution in [-0.2, 0) is 17.8 Å². The van der Waals surface area contributed by atoms with E-state index in [1.165, 1.54) is 0 Å². The van der Waals surface area contributed by atoms with Crippen molar-refractivity contribution < 1.29 is 24.2 Å². The maximum atomic E-state index is 12.2. The van der Waals surface area contributed by atoms with E-state index in [4.69, 9.17) is 26.2 Å². The Kier molecular flexibility index (Phi) is 7.88. The van der Waals surface area contributed by atoms with Crippen LogP contribution >= 0.6 is 11.6 Å². The van der Waals surface area contributed by atoms with Gasteiger partial charge in [-0.15, -0.1) is 0 Å². The van der Waals surface area contributed by atoms with Crippen molar-refractivity contribution in [2.24, 2.45) is 5.92 Å². The molecular formula is C22H25ClO5. The zero-order chi connectivity index (χ0) is 20.7. The third-order valence-corrected chi connectivity index (χ3v) is 4.54. The molecule has 0 spiro atoms. The van der Waals surface area contributed by atoms with Crippen molar-refractivity contribution in [3.05, 3.63) is 58.1 Å². The number of ether oxygens (including phenoxy) is 2. The molecule has 2 aromatic rings. The molecule has 1 atom stereocenters. The molecule has 2 rings (SSSR count). The molecule has 1 unspecified atom stereocenters. The average Bonchev–Trinajstić information content (AvgIpc) is 2.68. The molecule has 0 bridgehead atoms. The summed E-state index contributed by atoms with van der Waals surface area (Å²) in [4.78, 5) is 23.2. The van der Waals surface area contributed by atoms with E-state index in [1.807, 2.05) is 19.1 Å². The van der Waals surface area contributed by atoms with E-state index < -0.39 is 11.9 Å². The van der Waals surface area contributed by atoms with Gasteiger partial charge in [0.2, 0.25) is 0 Å². The number of aliphatic carboxylic acids is 1. The van der Waals surface area contributed by atoms with Crippen molar-refractivity contribution in [2.75, 3.05) is 6.61 Å². The standard InChI is InChI=1S/C22H25ClO5/c1-4-20(24)19-12-17(23)11-16(21(19)27-5-2)13-28-18-8-6-15(7-9-18)10-14(3)22(25)26/h6-9,11-12,14H,4-5,10,13H2,1-3H3,(H,25,26). The number of Topliss-reactive ketones (excluding diaryl/α,β-unsaturated/α-hetero) is 1. The van der Waals surface area contributed by atoms with E-state index in [2.05, 4.69) is 0 Å². The lowest BCUT2D eigenvalue weighted by Gasteiger charge is -2.16. The molecule has 0 aliphatic heterocycles. The smallest absolute Gasteiger partial charge is 0.306 e. The number of carbonyl (C=O) groups excluding carboxylic acids is 1. The van der Waals surface area contributed by atoms with Gasteiger partial charge in [0, 0.05) is 17.0 Å². The number of halogens is 1. The highest BCUT2D eigenvalue weighted by Crippen LogP contribution is 2.31. The molecule has 5 nitrogen and oxygen atoms in total. The molecule has 0 saturated carbocycles. The van der Waals surface area contributed by atoms with E-state index in [0.29, 0.717) is 47.1 Å². The van der Waals surface area contributed by atoms with Gasteiger partial charge in [0.1, 0.15) is 18.1 Å². The predicted octanol–water partition coefficient (Wildman–Crippen LogP) is 5.17. The molecular weight excluding hydrogens is 380 g/mol. The predicted molar refractivity (Wildman–Crippen MR) is 109 cm³/mol. The molecule has 2 aromatic carbocycles. The summed E-state index contributed by atoms with van der Waals surface area (Å²) in [5.74, 6) is -0.157. The second kappa shape index (κ2) is 10.1. The number of carboxylic acids is 1. The Morgan fingerprint density at radius 3 is 2.36 bits per heavy atom. The Labute approximate surface area is 170 Å². The van der Waals surface area contributed by atoms with Gasteiger partial charge >= 0.3 is 5.97 Å². The first-order chi connectivity index (χ1) is 13.3. The third-order valence-electron chi connectivity index (χ3n) is 4.32. The lowest BCUT2D eigenvalue weighted by atomic mass is 10.0. The fourth-order valence-electron chi connectivity index (χ4n) is 2.79. The summed E-state index contributed by atoms with van der Waals surface area (Å²) in [7, 11) is 0. The van der Waals surface area contributed by atoms with Crippen molar-refractivity contribution in [1.82, 2.24) is 0 Å². The van der Waals surface area contributed by atoms with Gasteiger partial charge in [0.15, 0.2) is 5.78 Å². The number of carboxylic acid groups (broad SMARTS) is 1. The van der Waals surface area contributed by atoms with Gasteiger partial charge in [-0.25, -0.2) is 0 Å². The molecule has 1 N–H and O–H groups in total. The monoisotopic (exact) mass is 404 g/mol. The van der Waals surface area contributed by atoms with E-state index in [9.17, 15) is 9.59 Å². The number of hydrogen-bond donors (Lipinski definition) is 1. The van der Waals surface area contributed by atoms with Crippen LogP contribution < -0.4 is 9.47 Å². The van der Waals surface area contributed by atoms with Crippen LogP contribution in [0.5, 0.6) is 11.5 Å². The van der Waals surface area contributed by atoms with Gasteiger partial charge in [-0.3, -0.25) is 9.59 Å². The number of ketones is 1. The topological polar surface area (TPSA) is 72.8 Å². The van der Waals surface area contributed by atoms with Crippen LogP contribution in [0.2, 0.25) is 5.02 Å². The second-order valence-electron chi connectivity index (χ2n) is 6.53. The summed E-state index contributed by atoms with van der Waals surface area (Å²) < 4.78 is 11.5. The van der Waals surface area contributed by atoms with Crippen LogP contribution in [0.3, 0.4) is 0 Å². The lowest BCUT2D eigenvalue weighted by Crippen LogP contribution is -2.12. The van der Waals surface area contributed by atoms with Gasteiger partial charge < -0.3 is 14.6 Å². The molecule has 0 radical (unpaired) electrons. The molecule has 0 amide bonds. The van der Waals surface area contributed by atoms with Gasteiger partial charge in [-0.1, -0.05) is 37.6 Å². The summed E-state index contributed by atoms with van der Waals surface area (Å²) in [5, 5.41) is 9.46. The number of benzene rings is 2. The fourth-order valence-corrected chi connectivity index (χ4v) is 3.03. The normalized spacial score (nSPS) is 11.7. The quantitative estimate of drug-likeness (QED) is 0.553. The van der Waals surface area contributed by atoms with E-state index in [-0.39, 0.29) is 12.4 Å². The van der Waals surface area contributed by atoms with Crippen LogP contribution in [-0.4, -0.2) is 23.5 Å². The van der Waals surface area contributed by atoms with Gasteiger partial charge in [-0.05, 0) is 43.2 Å². The van der Waals surface area contributed by atoms with Crippen LogP contribution in [0.1, 0.15) is 48.7 Å².